The standard InChI is InChI=1S/C7H2BrF4I/c8-4-2-1-3(7(10,11)12)5(9)6(4)13/h1-2H. The van der Waals surface area contributed by atoms with Crippen LogP contribution in [0.4, 0.5) is 17.6 Å². The topological polar surface area (TPSA) is 0 Å². The molecular weight excluding hydrogens is 367 g/mol. The Hall–Kier alpha value is 0.150. The van der Waals surface area contributed by atoms with Crippen LogP contribution < -0.4 is 0 Å². The molecule has 0 nitrogen and oxygen atoms in total. The summed E-state index contributed by atoms with van der Waals surface area (Å²) in [5.74, 6) is -1.23. The molecule has 0 spiro atoms. The van der Waals surface area contributed by atoms with Crippen LogP contribution in [0.1, 0.15) is 5.56 Å². The van der Waals surface area contributed by atoms with Gasteiger partial charge < -0.3 is 0 Å². The van der Waals surface area contributed by atoms with Crippen molar-refractivity contribution in [1.82, 2.24) is 0 Å². The highest BCUT2D eigenvalue weighted by Crippen LogP contribution is 2.35. The summed E-state index contributed by atoms with van der Waals surface area (Å²) in [6.45, 7) is 0. The van der Waals surface area contributed by atoms with Crippen molar-refractivity contribution in [3.8, 4) is 0 Å². The Balaban J connectivity index is 3.35. The van der Waals surface area contributed by atoms with Gasteiger partial charge in [-0.05, 0) is 50.7 Å². The molecule has 1 aromatic carbocycles. The van der Waals surface area contributed by atoms with Gasteiger partial charge in [0.15, 0.2) is 0 Å². The van der Waals surface area contributed by atoms with Gasteiger partial charge in [-0.25, -0.2) is 4.39 Å². The highest BCUT2D eigenvalue weighted by atomic mass is 127. The normalized spacial score (nSPS) is 11.8. The first kappa shape index (κ1) is 11.2. The average molecular weight is 369 g/mol. The molecule has 0 aliphatic heterocycles. The predicted octanol–water partition coefficient (Wildman–Crippen LogP) is 4.21. The molecule has 0 radical (unpaired) electrons. The van der Waals surface area contributed by atoms with Gasteiger partial charge in [-0.15, -0.1) is 0 Å². The Morgan fingerprint density at radius 3 is 2.23 bits per heavy atom. The summed E-state index contributed by atoms with van der Waals surface area (Å²) >= 11 is 4.44. The molecule has 0 saturated heterocycles. The van der Waals surface area contributed by atoms with Crippen LogP contribution in [-0.2, 0) is 6.18 Å². The van der Waals surface area contributed by atoms with Gasteiger partial charge in [0.2, 0.25) is 0 Å². The Kier molecular flexibility index (Phi) is 3.21. The van der Waals surface area contributed by atoms with Gasteiger partial charge in [0, 0.05) is 4.47 Å². The van der Waals surface area contributed by atoms with E-state index in [2.05, 4.69) is 15.9 Å². The molecule has 0 unspecified atom stereocenters. The molecule has 13 heavy (non-hydrogen) atoms. The van der Waals surface area contributed by atoms with Crippen LogP contribution in [0.15, 0.2) is 16.6 Å². The predicted molar refractivity (Wildman–Crippen MR) is 51.8 cm³/mol. The van der Waals surface area contributed by atoms with Crippen LogP contribution in [-0.4, -0.2) is 0 Å². The zero-order valence-corrected chi connectivity index (χ0v) is 9.67. The fraction of sp³-hybridized carbons (Fsp3) is 0.143. The molecule has 0 aliphatic carbocycles. The SMILES string of the molecule is Fc1c(C(F)(F)F)ccc(Br)c1I. The van der Waals surface area contributed by atoms with Crippen molar-refractivity contribution in [1.29, 1.82) is 0 Å². The van der Waals surface area contributed by atoms with E-state index in [9.17, 15) is 17.6 Å². The van der Waals surface area contributed by atoms with Gasteiger partial charge in [0.25, 0.3) is 0 Å². The summed E-state index contributed by atoms with van der Waals surface area (Å²) in [5.41, 5.74) is -1.24. The Bertz CT molecular complexity index is 334. The molecule has 0 aliphatic rings. The van der Waals surface area contributed by atoms with Crippen molar-refractivity contribution >= 4 is 38.5 Å². The van der Waals surface area contributed by atoms with E-state index in [0.29, 0.717) is 10.5 Å². The van der Waals surface area contributed by atoms with Crippen LogP contribution in [0, 0.1) is 9.39 Å². The minimum absolute atomic E-state index is 0.0626. The smallest absolute Gasteiger partial charge is 0.205 e. The molecule has 0 aromatic heterocycles. The molecule has 6 heteroatoms. The van der Waals surface area contributed by atoms with Crippen LogP contribution in [0.25, 0.3) is 0 Å². The Morgan fingerprint density at radius 2 is 1.77 bits per heavy atom. The van der Waals surface area contributed by atoms with Gasteiger partial charge in [0.05, 0.1) is 9.13 Å². The number of hydrogen-bond donors (Lipinski definition) is 0. The number of halogens is 6. The van der Waals surface area contributed by atoms with E-state index in [0.717, 1.165) is 0 Å². The lowest BCUT2D eigenvalue weighted by molar-refractivity contribution is -0.140. The highest BCUT2D eigenvalue weighted by molar-refractivity contribution is 14.1. The summed E-state index contributed by atoms with van der Waals surface area (Å²) < 4.78 is 49.6. The number of hydrogen-bond acceptors (Lipinski definition) is 0. The molecule has 0 bridgehead atoms. The van der Waals surface area contributed by atoms with Gasteiger partial charge in [-0.2, -0.15) is 13.2 Å². The minimum Gasteiger partial charge on any atom is -0.205 e. The third-order valence-electron chi connectivity index (χ3n) is 1.34. The van der Waals surface area contributed by atoms with E-state index in [1.54, 1.807) is 0 Å². The van der Waals surface area contributed by atoms with Gasteiger partial charge in [-0.3, -0.25) is 0 Å². The monoisotopic (exact) mass is 368 g/mol. The molecule has 72 valence electrons. The average Bonchev–Trinajstić information content (AvgIpc) is 1.98. The summed E-state index contributed by atoms with van der Waals surface area (Å²) in [6, 6.07) is 1.88. The number of alkyl halides is 3. The lowest BCUT2D eigenvalue weighted by Crippen LogP contribution is -2.09. The second-order valence-corrected chi connectivity index (χ2v) is 4.15. The van der Waals surface area contributed by atoms with Gasteiger partial charge in [-0.1, -0.05) is 0 Å². The van der Waals surface area contributed by atoms with Crippen LogP contribution in [0.5, 0.6) is 0 Å². The first-order valence-electron chi connectivity index (χ1n) is 3.04. The van der Waals surface area contributed by atoms with Gasteiger partial charge >= 0.3 is 6.18 Å². The lowest BCUT2D eigenvalue weighted by Gasteiger charge is -2.09. The van der Waals surface area contributed by atoms with Crippen molar-refractivity contribution in [2.75, 3.05) is 0 Å². The highest BCUT2D eigenvalue weighted by Gasteiger charge is 2.35. The van der Waals surface area contributed by atoms with E-state index >= 15 is 0 Å². The summed E-state index contributed by atoms with van der Waals surface area (Å²) in [4.78, 5) is 0. The zero-order chi connectivity index (χ0) is 10.2. The second-order valence-electron chi connectivity index (χ2n) is 2.22. The molecule has 0 fully saturated rings. The minimum atomic E-state index is -4.63. The fourth-order valence-corrected chi connectivity index (χ4v) is 1.52. The second kappa shape index (κ2) is 3.72. The Morgan fingerprint density at radius 1 is 1.23 bits per heavy atom. The molecular formula is C7H2BrF4I. The first-order chi connectivity index (χ1) is 5.84. The van der Waals surface area contributed by atoms with E-state index in [1.807, 2.05) is 0 Å². The summed E-state index contributed by atoms with van der Waals surface area (Å²) in [6.07, 6.45) is -4.63. The van der Waals surface area contributed by atoms with Crippen molar-refractivity contribution in [2.45, 2.75) is 6.18 Å². The number of benzene rings is 1. The van der Waals surface area contributed by atoms with Crippen LogP contribution in [0.2, 0.25) is 0 Å². The lowest BCUT2D eigenvalue weighted by atomic mass is 10.2. The zero-order valence-electron chi connectivity index (χ0n) is 5.92. The maximum absolute atomic E-state index is 13.0. The first-order valence-corrected chi connectivity index (χ1v) is 4.92. The van der Waals surface area contributed by atoms with Crippen molar-refractivity contribution in [3.63, 3.8) is 0 Å². The third-order valence-corrected chi connectivity index (χ3v) is 3.80. The maximum atomic E-state index is 13.0. The van der Waals surface area contributed by atoms with Crippen LogP contribution >= 0.6 is 38.5 Å². The van der Waals surface area contributed by atoms with Gasteiger partial charge in [0.1, 0.15) is 5.82 Å². The molecule has 1 aromatic rings. The molecule has 1 rings (SSSR count). The number of rotatable bonds is 0. The van der Waals surface area contributed by atoms with E-state index in [1.165, 1.54) is 28.7 Å². The van der Waals surface area contributed by atoms with E-state index < -0.39 is 17.6 Å². The fourth-order valence-electron chi connectivity index (χ4n) is 0.745. The molecule has 0 heterocycles. The van der Waals surface area contributed by atoms with Crippen LogP contribution in [0.3, 0.4) is 0 Å². The maximum Gasteiger partial charge on any atom is 0.419 e. The molecule has 0 atom stereocenters. The van der Waals surface area contributed by atoms with E-state index in [4.69, 9.17) is 0 Å². The van der Waals surface area contributed by atoms with Crippen molar-refractivity contribution in [2.24, 2.45) is 0 Å². The molecule has 0 N–H and O–H groups in total. The summed E-state index contributed by atoms with van der Waals surface area (Å²) in [5, 5.41) is 0. The summed E-state index contributed by atoms with van der Waals surface area (Å²) in [7, 11) is 0. The Labute approximate surface area is 93.6 Å². The third kappa shape index (κ3) is 2.34. The van der Waals surface area contributed by atoms with Crippen molar-refractivity contribution < 1.29 is 17.6 Å². The van der Waals surface area contributed by atoms with E-state index in [-0.39, 0.29) is 3.57 Å². The largest absolute Gasteiger partial charge is 0.419 e. The molecule has 0 amide bonds. The van der Waals surface area contributed by atoms with Crippen molar-refractivity contribution in [3.05, 3.63) is 31.6 Å². The molecule has 0 saturated carbocycles. The quantitative estimate of drug-likeness (QED) is 0.365.